The number of nitrogens with zero attached hydrogens (tertiary/aromatic N) is 3. The molecule has 3 rings (SSSR count). The van der Waals surface area contributed by atoms with Crippen molar-refractivity contribution >= 4 is 33.1 Å². The van der Waals surface area contributed by atoms with Gasteiger partial charge in [-0.15, -0.1) is 21.5 Å². The number of nitrogens with one attached hydrogen (secondary N) is 1. The zero-order valence-corrected chi connectivity index (χ0v) is 12.2. The highest BCUT2D eigenvalue weighted by Crippen LogP contribution is 2.28. The van der Waals surface area contributed by atoms with Crippen LogP contribution in [0.25, 0.3) is 10.6 Å². The first-order valence-electron chi connectivity index (χ1n) is 5.87. The first kappa shape index (κ1) is 12.1. The Labute approximate surface area is 118 Å². The molecule has 18 heavy (non-hydrogen) atoms. The molecule has 1 aliphatic heterocycles. The summed E-state index contributed by atoms with van der Waals surface area (Å²) in [5.74, 6) is 0.968. The van der Waals surface area contributed by atoms with Crippen LogP contribution in [-0.2, 0) is 0 Å². The van der Waals surface area contributed by atoms with E-state index in [1.165, 1.54) is 0 Å². The second kappa shape index (κ2) is 5.34. The second-order valence-electron chi connectivity index (χ2n) is 4.14. The highest BCUT2D eigenvalue weighted by Gasteiger charge is 2.12. The molecule has 6 heteroatoms. The van der Waals surface area contributed by atoms with E-state index >= 15 is 0 Å². The third-order valence-corrected chi connectivity index (χ3v) is 4.62. The fourth-order valence-corrected chi connectivity index (χ4v) is 3.36. The van der Waals surface area contributed by atoms with Crippen LogP contribution in [0.1, 0.15) is 0 Å². The van der Waals surface area contributed by atoms with E-state index in [9.17, 15) is 0 Å². The molecular weight excluding hydrogens is 312 g/mol. The summed E-state index contributed by atoms with van der Waals surface area (Å²) < 4.78 is 1.09. The summed E-state index contributed by atoms with van der Waals surface area (Å²) in [5, 5.41) is 14.0. The van der Waals surface area contributed by atoms with Crippen molar-refractivity contribution in [2.24, 2.45) is 0 Å². The molecule has 0 unspecified atom stereocenters. The molecular formula is C12H13BrN4S. The predicted octanol–water partition coefficient (Wildman–Crippen LogP) is 2.38. The molecule has 0 radical (unpaired) electrons. The summed E-state index contributed by atoms with van der Waals surface area (Å²) in [4.78, 5) is 3.40. The molecule has 1 N–H and O–H groups in total. The van der Waals surface area contributed by atoms with Gasteiger partial charge in [0.25, 0.3) is 0 Å². The number of aromatic nitrogens is 2. The van der Waals surface area contributed by atoms with Gasteiger partial charge in [0.1, 0.15) is 5.69 Å². The molecule has 0 amide bonds. The number of thiophene rings is 1. The van der Waals surface area contributed by atoms with Crippen LogP contribution in [0.15, 0.2) is 28.1 Å². The van der Waals surface area contributed by atoms with Gasteiger partial charge in [0.05, 0.1) is 4.88 Å². The molecule has 0 saturated carbocycles. The lowest BCUT2D eigenvalue weighted by atomic mass is 10.3. The SMILES string of the molecule is Brc1csc(-c2ccc(N3CCNCC3)nn2)c1. The van der Waals surface area contributed by atoms with Gasteiger partial charge < -0.3 is 10.2 Å². The van der Waals surface area contributed by atoms with Crippen molar-refractivity contribution in [3.05, 3.63) is 28.1 Å². The topological polar surface area (TPSA) is 41.0 Å². The number of piperazine rings is 1. The summed E-state index contributed by atoms with van der Waals surface area (Å²) in [5.41, 5.74) is 0.935. The number of anilines is 1. The van der Waals surface area contributed by atoms with Gasteiger partial charge in [-0.05, 0) is 34.1 Å². The quantitative estimate of drug-likeness (QED) is 0.920. The molecule has 4 nitrogen and oxygen atoms in total. The van der Waals surface area contributed by atoms with Crippen LogP contribution in [0.4, 0.5) is 5.82 Å². The van der Waals surface area contributed by atoms with Crippen LogP contribution >= 0.6 is 27.3 Å². The third kappa shape index (κ3) is 2.55. The summed E-state index contributed by atoms with van der Waals surface area (Å²) in [7, 11) is 0. The third-order valence-electron chi connectivity index (χ3n) is 2.91. The van der Waals surface area contributed by atoms with E-state index in [2.05, 4.69) is 53.9 Å². The van der Waals surface area contributed by atoms with Crippen LogP contribution in [0.3, 0.4) is 0 Å². The van der Waals surface area contributed by atoms with Gasteiger partial charge >= 0.3 is 0 Å². The van der Waals surface area contributed by atoms with Crippen molar-refractivity contribution in [1.29, 1.82) is 0 Å². The van der Waals surface area contributed by atoms with E-state index in [1.54, 1.807) is 11.3 Å². The molecule has 94 valence electrons. The summed E-state index contributed by atoms with van der Waals surface area (Å²) in [6, 6.07) is 6.17. The molecule has 0 aliphatic carbocycles. The zero-order chi connectivity index (χ0) is 12.4. The maximum Gasteiger partial charge on any atom is 0.151 e. The normalized spacial score (nSPS) is 15.9. The summed E-state index contributed by atoms with van der Waals surface area (Å²) >= 11 is 5.12. The Kier molecular flexibility index (Phi) is 3.58. The second-order valence-corrected chi connectivity index (χ2v) is 5.97. The Balaban J connectivity index is 1.80. The van der Waals surface area contributed by atoms with Crippen LogP contribution in [-0.4, -0.2) is 36.4 Å². The van der Waals surface area contributed by atoms with E-state index in [1.807, 2.05) is 6.07 Å². The van der Waals surface area contributed by atoms with E-state index in [4.69, 9.17) is 0 Å². The van der Waals surface area contributed by atoms with Crippen LogP contribution in [0, 0.1) is 0 Å². The van der Waals surface area contributed by atoms with Crippen LogP contribution in [0.5, 0.6) is 0 Å². The van der Waals surface area contributed by atoms with Crippen LogP contribution < -0.4 is 10.2 Å². The van der Waals surface area contributed by atoms with Crippen molar-refractivity contribution < 1.29 is 0 Å². The smallest absolute Gasteiger partial charge is 0.151 e. The first-order chi connectivity index (χ1) is 8.83. The minimum atomic E-state index is 0.935. The number of hydrogen-bond donors (Lipinski definition) is 1. The highest BCUT2D eigenvalue weighted by atomic mass is 79.9. The number of hydrogen-bond acceptors (Lipinski definition) is 5. The largest absolute Gasteiger partial charge is 0.353 e. The molecule has 3 heterocycles. The maximum atomic E-state index is 4.33. The highest BCUT2D eigenvalue weighted by molar-refractivity contribution is 9.10. The Bertz CT molecular complexity index is 519. The minimum Gasteiger partial charge on any atom is -0.353 e. The van der Waals surface area contributed by atoms with Gasteiger partial charge in [-0.3, -0.25) is 0 Å². The molecule has 1 saturated heterocycles. The van der Waals surface area contributed by atoms with Crippen LogP contribution in [0.2, 0.25) is 0 Å². The van der Waals surface area contributed by atoms with Crippen molar-refractivity contribution in [1.82, 2.24) is 15.5 Å². The first-order valence-corrected chi connectivity index (χ1v) is 7.54. The average Bonchev–Trinajstić information content (AvgIpc) is 2.87. The summed E-state index contributed by atoms with van der Waals surface area (Å²) in [6.45, 7) is 4.03. The Morgan fingerprint density at radius 1 is 1.22 bits per heavy atom. The summed E-state index contributed by atoms with van der Waals surface area (Å²) in [6.07, 6.45) is 0. The average molecular weight is 325 g/mol. The van der Waals surface area contributed by atoms with Gasteiger partial charge in [-0.25, -0.2) is 0 Å². The molecule has 0 bridgehead atoms. The fourth-order valence-electron chi connectivity index (χ4n) is 1.97. The monoisotopic (exact) mass is 324 g/mol. The van der Waals surface area contributed by atoms with E-state index in [0.29, 0.717) is 0 Å². The van der Waals surface area contributed by atoms with Crippen molar-refractivity contribution in [3.8, 4) is 10.6 Å². The molecule has 0 spiro atoms. The standard InChI is InChI=1S/C12H13BrN4S/c13-9-7-11(18-8-9)10-1-2-12(16-15-10)17-5-3-14-4-6-17/h1-2,7-8,14H,3-6H2. The number of halogens is 1. The molecule has 1 fully saturated rings. The molecule has 1 aliphatic rings. The molecule has 2 aromatic heterocycles. The Morgan fingerprint density at radius 2 is 2.06 bits per heavy atom. The molecule has 0 aromatic carbocycles. The van der Waals surface area contributed by atoms with E-state index in [-0.39, 0.29) is 0 Å². The van der Waals surface area contributed by atoms with E-state index in [0.717, 1.165) is 47.0 Å². The number of rotatable bonds is 2. The van der Waals surface area contributed by atoms with Gasteiger partial charge in [0, 0.05) is 36.0 Å². The van der Waals surface area contributed by atoms with Gasteiger partial charge in [0.2, 0.25) is 0 Å². The van der Waals surface area contributed by atoms with Gasteiger partial charge in [0.15, 0.2) is 5.82 Å². The van der Waals surface area contributed by atoms with Crippen molar-refractivity contribution in [3.63, 3.8) is 0 Å². The Morgan fingerprint density at radius 3 is 2.67 bits per heavy atom. The molecule has 0 atom stereocenters. The van der Waals surface area contributed by atoms with Gasteiger partial charge in [-0.1, -0.05) is 0 Å². The van der Waals surface area contributed by atoms with E-state index < -0.39 is 0 Å². The maximum absolute atomic E-state index is 4.33. The fraction of sp³-hybridized carbons (Fsp3) is 0.333. The lowest BCUT2D eigenvalue weighted by Gasteiger charge is -2.27. The van der Waals surface area contributed by atoms with Crippen molar-refractivity contribution in [2.45, 2.75) is 0 Å². The minimum absolute atomic E-state index is 0.935. The van der Waals surface area contributed by atoms with Gasteiger partial charge in [-0.2, -0.15) is 0 Å². The lowest BCUT2D eigenvalue weighted by molar-refractivity contribution is 0.583. The zero-order valence-electron chi connectivity index (χ0n) is 9.77. The molecule has 2 aromatic rings. The predicted molar refractivity (Wildman–Crippen MR) is 78.1 cm³/mol. The van der Waals surface area contributed by atoms with Crippen molar-refractivity contribution in [2.75, 3.05) is 31.1 Å². The Hall–Kier alpha value is -0.980. The lowest BCUT2D eigenvalue weighted by Crippen LogP contribution is -2.43.